The van der Waals surface area contributed by atoms with E-state index in [-0.39, 0.29) is 5.56 Å². The number of carboxylic acid groups (broad SMARTS) is 1. The molecule has 0 aliphatic rings. The predicted molar refractivity (Wildman–Crippen MR) is 72.5 cm³/mol. The highest BCUT2D eigenvalue weighted by molar-refractivity contribution is 5.80. The Morgan fingerprint density at radius 2 is 1.65 bits per heavy atom. The molecule has 2 aromatic carbocycles. The van der Waals surface area contributed by atoms with Crippen molar-refractivity contribution in [2.75, 3.05) is 0 Å². The largest absolute Gasteiger partial charge is 0.481 e. The molecular formula is C16H14F2O2. The van der Waals surface area contributed by atoms with Crippen LogP contribution in [0.2, 0.25) is 0 Å². The third-order valence-corrected chi connectivity index (χ3v) is 3.38. The number of carboxylic acids is 1. The highest BCUT2D eigenvalue weighted by atomic mass is 19.1. The van der Waals surface area contributed by atoms with Crippen molar-refractivity contribution >= 4 is 5.97 Å². The second-order valence-electron chi connectivity index (χ2n) is 5.13. The number of hydrogen-bond donors (Lipinski definition) is 1. The number of halogens is 2. The standard InChI is InChI=1S/C16H14F2O2/c1-16(2,15(19)20)11-5-3-10(4-6-11)13-8-7-12(17)9-14(13)18/h3-9H,1-2H3,(H,19,20). The summed E-state index contributed by atoms with van der Waals surface area (Å²) >= 11 is 0. The van der Waals surface area contributed by atoms with Crippen LogP contribution >= 0.6 is 0 Å². The second-order valence-corrected chi connectivity index (χ2v) is 5.13. The molecule has 0 atom stereocenters. The van der Waals surface area contributed by atoms with Gasteiger partial charge in [0.15, 0.2) is 0 Å². The molecule has 2 rings (SSSR count). The van der Waals surface area contributed by atoms with Gasteiger partial charge in [0.1, 0.15) is 11.6 Å². The first-order chi connectivity index (χ1) is 9.32. The molecule has 104 valence electrons. The maximum atomic E-state index is 13.7. The predicted octanol–water partition coefficient (Wildman–Crippen LogP) is 3.99. The van der Waals surface area contributed by atoms with Crippen molar-refractivity contribution in [3.8, 4) is 11.1 Å². The molecule has 0 aliphatic heterocycles. The van der Waals surface area contributed by atoms with E-state index in [9.17, 15) is 13.6 Å². The molecule has 0 radical (unpaired) electrons. The number of benzene rings is 2. The van der Waals surface area contributed by atoms with Crippen LogP contribution in [0, 0.1) is 11.6 Å². The molecule has 0 saturated carbocycles. The van der Waals surface area contributed by atoms with Gasteiger partial charge in [-0.05, 0) is 37.1 Å². The molecular weight excluding hydrogens is 262 g/mol. The number of hydrogen-bond acceptors (Lipinski definition) is 1. The molecule has 20 heavy (non-hydrogen) atoms. The van der Waals surface area contributed by atoms with Crippen molar-refractivity contribution in [2.24, 2.45) is 0 Å². The lowest BCUT2D eigenvalue weighted by molar-refractivity contribution is -0.142. The Hall–Kier alpha value is -2.23. The topological polar surface area (TPSA) is 37.3 Å². The van der Waals surface area contributed by atoms with Crippen molar-refractivity contribution in [1.82, 2.24) is 0 Å². The molecule has 4 heteroatoms. The van der Waals surface area contributed by atoms with E-state index in [4.69, 9.17) is 5.11 Å². The van der Waals surface area contributed by atoms with Gasteiger partial charge >= 0.3 is 5.97 Å². The average molecular weight is 276 g/mol. The van der Waals surface area contributed by atoms with Crippen LogP contribution in [0.5, 0.6) is 0 Å². The molecule has 0 amide bonds. The van der Waals surface area contributed by atoms with E-state index < -0.39 is 23.0 Å². The molecule has 0 heterocycles. The van der Waals surface area contributed by atoms with E-state index in [1.165, 1.54) is 12.1 Å². The van der Waals surface area contributed by atoms with E-state index >= 15 is 0 Å². The van der Waals surface area contributed by atoms with Gasteiger partial charge in [0.25, 0.3) is 0 Å². The van der Waals surface area contributed by atoms with Crippen LogP contribution in [0.1, 0.15) is 19.4 Å². The minimum absolute atomic E-state index is 0.283. The van der Waals surface area contributed by atoms with Gasteiger partial charge < -0.3 is 5.11 Å². The number of aliphatic carboxylic acids is 1. The van der Waals surface area contributed by atoms with Gasteiger partial charge in [-0.3, -0.25) is 4.79 Å². The van der Waals surface area contributed by atoms with Gasteiger partial charge in [0, 0.05) is 11.6 Å². The van der Waals surface area contributed by atoms with E-state index in [0.717, 1.165) is 6.07 Å². The fourth-order valence-electron chi connectivity index (χ4n) is 1.91. The summed E-state index contributed by atoms with van der Waals surface area (Å²) < 4.78 is 26.5. The van der Waals surface area contributed by atoms with Crippen molar-refractivity contribution in [2.45, 2.75) is 19.3 Å². The van der Waals surface area contributed by atoms with E-state index in [0.29, 0.717) is 11.1 Å². The molecule has 0 saturated heterocycles. The zero-order valence-electron chi connectivity index (χ0n) is 11.2. The number of rotatable bonds is 3. The highest BCUT2D eigenvalue weighted by Crippen LogP contribution is 2.28. The van der Waals surface area contributed by atoms with Crippen LogP contribution in [0.4, 0.5) is 8.78 Å². The summed E-state index contributed by atoms with van der Waals surface area (Å²) in [6.07, 6.45) is 0. The zero-order valence-corrected chi connectivity index (χ0v) is 11.2. The van der Waals surface area contributed by atoms with E-state index in [2.05, 4.69) is 0 Å². The average Bonchev–Trinajstić information content (AvgIpc) is 2.38. The first kappa shape index (κ1) is 14.2. The fourth-order valence-corrected chi connectivity index (χ4v) is 1.91. The third kappa shape index (κ3) is 2.54. The first-order valence-electron chi connectivity index (χ1n) is 6.12. The molecule has 0 unspecified atom stereocenters. The lowest BCUT2D eigenvalue weighted by Gasteiger charge is -2.19. The molecule has 2 aromatic rings. The molecule has 0 spiro atoms. The molecule has 1 N–H and O–H groups in total. The monoisotopic (exact) mass is 276 g/mol. The van der Waals surface area contributed by atoms with Crippen LogP contribution in [0.25, 0.3) is 11.1 Å². The van der Waals surface area contributed by atoms with E-state index in [1.54, 1.807) is 38.1 Å². The molecule has 0 fully saturated rings. The summed E-state index contributed by atoms with van der Waals surface area (Å²) in [5.74, 6) is -2.21. The summed E-state index contributed by atoms with van der Waals surface area (Å²) in [4.78, 5) is 11.2. The first-order valence-corrected chi connectivity index (χ1v) is 6.12. The molecule has 2 nitrogen and oxygen atoms in total. The van der Waals surface area contributed by atoms with Gasteiger partial charge in [0.2, 0.25) is 0 Å². The third-order valence-electron chi connectivity index (χ3n) is 3.38. The summed E-state index contributed by atoms with van der Waals surface area (Å²) in [7, 11) is 0. The Bertz CT molecular complexity index is 646. The van der Waals surface area contributed by atoms with Gasteiger partial charge in [-0.25, -0.2) is 8.78 Å². The van der Waals surface area contributed by atoms with Crippen molar-refractivity contribution in [3.05, 3.63) is 59.7 Å². The lowest BCUT2D eigenvalue weighted by Crippen LogP contribution is -2.28. The van der Waals surface area contributed by atoms with Crippen LogP contribution in [-0.4, -0.2) is 11.1 Å². The maximum absolute atomic E-state index is 13.7. The Labute approximate surface area is 115 Å². The molecule has 0 bridgehead atoms. The van der Waals surface area contributed by atoms with Crippen LogP contribution in [-0.2, 0) is 10.2 Å². The Balaban J connectivity index is 2.40. The number of carbonyl (C=O) groups is 1. The zero-order chi connectivity index (χ0) is 14.9. The van der Waals surface area contributed by atoms with Crippen LogP contribution in [0.15, 0.2) is 42.5 Å². The van der Waals surface area contributed by atoms with Crippen LogP contribution < -0.4 is 0 Å². The SMILES string of the molecule is CC(C)(C(=O)O)c1ccc(-c2ccc(F)cc2F)cc1. The van der Waals surface area contributed by atoms with Gasteiger partial charge in [-0.2, -0.15) is 0 Å². The normalized spacial score (nSPS) is 11.4. The van der Waals surface area contributed by atoms with Gasteiger partial charge in [-0.15, -0.1) is 0 Å². The summed E-state index contributed by atoms with van der Waals surface area (Å²) in [6, 6.07) is 9.94. The minimum Gasteiger partial charge on any atom is -0.481 e. The van der Waals surface area contributed by atoms with Crippen LogP contribution in [0.3, 0.4) is 0 Å². The fraction of sp³-hybridized carbons (Fsp3) is 0.188. The van der Waals surface area contributed by atoms with Gasteiger partial charge in [0.05, 0.1) is 5.41 Å². The van der Waals surface area contributed by atoms with Crippen molar-refractivity contribution < 1.29 is 18.7 Å². The molecule has 0 aliphatic carbocycles. The minimum atomic E-state index is -1.01. The summed E-state index contributed by atoms with van der Waals surface area (Å²) in [5.41, 5.74) is 0.467. The lowest BCUT2D eigenvalue weighted by atomic mass is 9.84. The highest BCUT2D eigenvalue weighted by Gasteiger charge is 2.29. The van der Waals surface area contributed by atoms with Crippen molar-refractivity contribution in [1.29, 1.82) is 0 Å². The quantitative estimate of drug-likeness (QED) is 0.920. The Kier molecular flexibility index (Phi) is 3.57. The van der Waals surface area contributed by atoms with Crippen molar-refractivity contribution in [3.63, 3.8) is 0 Å². The summed E-state index contributed by atoms with van der Waals surface area (Å²) in [6.45, 7) is 3.20. The van der Waals surface area contributed by atoms with Gasteiger partial charge in [-0.1, -0.05) is 24.3 Å². The Morgan fingerprint density at radius 3 is 2.15 bits per heavy atom. The second kappa shape index (κ2) is 5.04. The smallest absolute Gasteiger partial charge is 0.313 e. The molecule has 0 aromatic heterocycles. The van der Waals surface area contributed by atoms with E-state index in [1.807, 2.05) is 0 Å². The maximum Gasteiger partial charge on any atom is 0.313 e. The Morgan fingerprint density at radius 1 is 1.05 bits per heavy atom. The summed E-state index contributed by atoms with van der Waals surface area (Å²) in [5, 5.41) is 9.15.